The third kappa shape index (κ3) is 4.32. The summed E-state index contributed by atoms with van der Waals surface area (Å²) in [5, 5.41) is 5.10. The molecule has 0 unspecified atom stereocenters. The molecular formula is C17H13N3O4S2. The van der Waals surface area contributed by atoms with Gasteiger partial charge in [-0.05, 0) is 29.7 Å². The number of ether oxygens (including phenoxy) is 1. The summed E-state index contributed by atoms with van der Waals surface area (Å²) in [5.41, 5.74) is 6.26. The molecule has 0 bridgehead atoms. The van der Waals surface area contributed by atoms with Crippen molar-refractivity contribution in [3.63, 3.8) is 0 Å². The monoisotopic (exact) mass is 387 g/mol. The fourth-order valence-corrected chi connectivity index (χ4v) is 3.73. The number of hydrogen-bond donors (Lipinski definition) is 2. The minimum atomic E-state index is -0.666. The van der Waals surface area contributed by atoms with Crippen LogP contribution in [0.4, 0.5) is 5.00 Å². The molecule has 0 aliphatic heterocycles. The number of hydrogen-bond acceptors (Lipinski definition) is 7. The van der Waals surface area contributed by atoms with Crippen LogP contribution in [0.2, 0.25) is 0 Å². The van der Waals surface area contributed by atoms with Crippen molar-refractivity contribution in [1.29, 1.82) is 0 Å². The highest BCUT2D eigenvalue weighted by molar-refractivity contribution is 7.19. The fourth-order valence-electron chi connectivity index (χ4n) is 2.05. The summed E-state index contributed by atoms with van der Waals surface area (Å²) >= 11 is 2.60. The van der Waals surface area contributed by atoms with Crippen LogP contribution in [0, 0.1) is 0 Å². The van der Waals surface area contributed by atoms with E-state index >= 15 is 0 Å². The second-order valence-electron chi connectivity index (χ2n) is 5.04. The molecule has 3 N–H and O–H groups in total. The van der Waals surface area contributed by atoms with Crippen LogP contribution in [-0.2, 0) is 14.3 Å². The number of nitrogens with one attached hydrogen (secondary N) is 1. The van der Waals surface area contributed by atoms with Gasteiger partial charge in [0, 0.05) is 6.08 Å². The van der Waals surface area contributed by atoms with Gasteiger partial charge in [-0.2, -0.15) is 0 Å². The lowest BCUT2D eigenvalue weighted by Gasteiger charge is -2.04. The van der Waals surface area contributed by atoms with Gasteiger partial charge >= 0.3 is 5.97 Å². The van der Waals surface area contributed by atoms with E-state index in [1.807, 2.05) is 24.3 Å². The molecule has 2 amide bonds. The van der Waals surface area contributed by atoms with Gasteiger partial charge in [-0.3, -0.25) is 9.59 Å². The van der Waals surface area contributed by atoms with Gasteiger partial charge in [0.1, 0.15) is 10.0 Å². The quantitative estimate of drug-likeness (QED) is 0.499. The molecule has 3 rings (SSSR count). The molecule has 0 radical (unpaired) electrons. The number of amides is 2. The van der Waals surface area contributed by atoms with Gasteiger partial charge in [-0.25, -0.2) is 9.78 Å². The van der Waals surface area contributed by atoms with Gasteiger partial charge in [0.2, 0.25) is 0 Å². The summed E-state index contributed by atoms with van der Waals surface area (Å²) in [4.78, 5) is 39.1. The lowest BCUT2D eigenvalue weighted by Crippen LogP contribution is -2.21. The van der Waals surface area contributed by atoms with Crippen molar-refractivity contribution in [3.05, 3.63) is 52.4 Å². The molecule has 0 saturated carbocycles. The van der Waals surface area contributed by atoms with E-state index in [1.165, 1.54) is 29.6 Å². The van der Waals surface area contributed by atoms with Crippen molar-refractivity contribution in [3.8, 4) is 0 Å². The SMILES string of the molecule is NC(=O)c1ccsc1NC(=O)COC(=O)/C=C/c1nc2ccccc2s1. The van der Waals surface area contributed by atoms with Crippen LogP contribution in [0.25, 0.3) is 16.3 Å². The smallest absolute Gasteiger partial charge is 0.331 e. The third-order valence-corrected chi connectivity index (χ3v) is 5.03. The zero-order valence-electron chi connectivity index (χ0n) is 13.3. The van der Waals surface area contributed by atoms with Gasteiger partial charge in [-0.1, -0.05) is 12.1 Å². The molecule has 0 aliphatic rings. The van der Waals surface area contributed by atoms with E-state index in [4.69, 9.17) is 10.5 Å². The molecule has 0 saturated heterocycles. The Labute approximate surface area is 156 Å². The Bertz CT molecular complexity index is 973. The number of carbonyl (C=O) groups is 3. The molecule has 0 aliphatic carbocycles. The summed E-state index contributed by atoms with van der Waals surface area (Å²) in [7, 11) is 0. The number of para-hydroxylation sites is 1. The number of nitrogens with two attached hydrogens (primary N) is 1. The van der Waals surface area contributed by atoms with Crippen LogP contribution < -0.4 is 11.1 Å². The average Bonchev–Trinajstić information content (AvgIpc) is 3.24. The summed E-state index contributed by atoms with van der Waals surface area (Å²) in [5.74, 6) is -1.87. The first-order valence-corrected chi connectivity index (χ1v) is 9.10. The Morgan fingerprint density at radius 1 is 1.23 bits per heavy atom. The molecule has 26 heavy (non-hydrogen) atoms. The summed E-state index contributed by atoms with van der Waals surface area (Å²) in [6, 6.07) is 9.14. The molecule has 0 fully saturated rings. The second kappa shape index (κ2) is 7.89. The lowest BCUT2D eigenvalue weighted by atomic mass is 10.3. The molecule has 9 heteroatoms. The van der Waals surface area contributed by atoms with E-state index in [9.17, 15) is 14.4 Å². The molecule has 0 atom stereocenters. The first-order valence-electron chi connectivity index (χ1n) is 7.40. The highest BCUT2D eigenvalue weighted by Crippen LogP contribution is 2.23. The first-order chi connectivity index (χ1) is 12.5. The number of fused-ring (bicyclic) bond motifs is 1. The molecule has 1 aromatic carbocycles. The molecule has 2 heterocycles. The Morgan fingerprint density at radius 2 is 2.04 bits per heavy atom. The third-order valence-electron chi connectivity index (χ3n) is 3.20. The number of thiophene rings is 1. The number of thiazole rings is 1. The number of rotatable bonds is 6. The Hall–Kier alpha value is -3.04. The van der Waals surface area contributed by atoms with E-state index in [0.29, 0.717) is 10.0 Å². The van der Waals surface area contributed by atoms with Crippen molar-refractivity contribution < 1.29 is 19.1 Å². The van der Waals surface area contributed by atoms with Crippen molar-refractivity contribution in [1.82, 2.24) is 4.98 Å². The largest absolute Gasteiger partial charge is 0.452 e. The van der Waals surface area contributed by atoms with Crippen molar-refractivity contribution in [2.24, 2.45) is 5.73 Å². The minimum absolute atomic E-state index is 0.213. The normalized spacial score (nSPS) is 10.9. The minimum Gasteiger partial charge on any atom is -0.452 e. The van der Waals surface area contributed by atoms with Gasteiger partial charge in [-0.15, -0.1) is 22.7 Å². The summed E-state index contributed by atoms with van der Waals surface area (Å²) in [6.07, 6.45) is 2.75. The number of aromatic nitrogens is 1. The van der Waals surface area contributed by atoms with Crippen LogP contribution in [0.5, 0.6) is 0 Å². The molecule has 7 nitrogen and oxygen atoms in total. The van der Waals surface area contributed by atoms with E-state index in [1.54, 1.807) is 5.38 Å². The van der Waals surface area contributed by atoms with Crippen LogP contribution in [0.1, 0.15) is 15.4 Å². The molecule has 3 aromatic rings. The van der Waals surface area contributed by atoms with Crippen molar-refractivity contribution >= 4 is 61.8 Å². The second-order valence-corrected chi connectivity index (χ2v) is 7.02. The van der Waals surface area contributed by atoms with Crippen LogP contribution in [-0.4, -0.2) is 29.4 Å². The summed E-state index contributed by atoms with van der Waals surface area (Å²) < 4.78 is 5.89. The topological polar surface area (TPSA) is 111 Å². The van der Waals surface area contributed by atoms with Crippen molar-refractivity contribution in [2.75, 3.05) is 11.9 Å². The van der Waals surface area contributed by atoms with Crippen molar-refractivity contribution in [2.45, 2.75) is 0 Å². The standard InChI is InChI=1S/C17H13N3O4S2/c18-16(23)10-7-8-25-17(10)20-13(21)9-24-15(22)6-5-14-19-11-3-1-2-4-12(11)26-14/h1-8H,9H2,(H2,18,23)(H,20,21)/b6-5+. The van der Waals surface area contributed by atoms with Crippen LogP contribution in [0.3, 0.4) is 0 Å². The lowest BCUT2D eigenvalue weighted by molar-refractivity contribution is -0.142. The molecular weight excluding hydrogens is 374 g/mol. The van der Waals surface area contributed by atoms with Gasteiger partial charge in [0.15, 0.2) is 6.61 Å². The highest BCUT2D eigenvalue weighted by atomic mass is 32.1. The maximum atomic E-state index is 11.8. The van der Waals surface area contributed by atoms with E-state index in [-0.39, 0.29) is 5.56 Å². The number of anilines is 1. The van der Waals surface area contributed by atoms with E-state index in [0.717, 1.165) is 21.6 Å². The Kier molecular flexibility index (Phi) is 5.40. The number of nitrogens with zero attached hydrogens (tertiary/aromatic N) is 1. The number of carbonyl (C=O) groups excluding carboxylic acids is 3. The van der Waals surface area contributed by atoms with Crippen LogP contribution in [0.15, 0.2) is 41.8 Å². The van der Waals surface area contributed by atoms with Gasteiger partial charge in [0.25, 0.3) is 11.8 Å². The average molecular weight is 387 g/mol. The van der Waals surface area contributed by atoms with E-state index < -0.39 is 24.4 Å². The van der Waals surface area contributed by atoms with Crippen LogP contribution >= 0.6 is 22.7 Å². The zero-order chi connectivity index (χ0) is 18.5. The Balaban J connectivity index is 1.52. The highest BCUT2D eigenvalue weighted by Gasteiger charge is 2.13. The van der Waals surface area contributed by atoms with E-state index in [2.05, 4.69) is 10.3 Å². The molecule has 2 aromatic heterocycles. The van der Waals surface area contributed by atoms with Gasteiger partial charge in [0.05, 0.1) is 15.8 Å². The zero-order valence-corrected chi connectivity index (χ0v) is 14.9. The maximum absolute atomic E-state index is 11.8. The number of benzene rings is 1. The predicted molar refractivity (Wildman–Crippen MR) is 101 cm³/mol. The molecule has 0 spiro atoms. The first kappa shape index (κ1) is 17.8. The maximum Gasteiger partial charge on any atom is 0.331 e. The predicted octanol–water partition coefficient (Wildman–Crippen LogP) is 2.65. The summed E-state index contributed by atoms with van der Waals surface area (Å²) in [6.45, 7) is -0.473. The Morgan fingerprint density at radius 3 is 2.81 bits per heavy atom. The number of esters is 1. The fraction of sp³-hybridized carbons (Fsp3) is 0.0588. The van der Waals surface area contributed by atoms with Gasteiger partial charge < -0.3 is 15.8 Å². The molecule has 132 valence electrons. The number of primary amides is 1.